The molecule has 1 amide bonds. The van der Waals surface area contributed by atoms with E-state index in [0.717, 1.165) is 0 Å². The van der Waals surface area contributed by atoms with Crippen molar-refractivity contribution in [3.05, 3.63) is 60.2 Å². The summed E-state index contributed by atoms with van der Waals surface area (Å²) in [6, 6.07) is 15.9. The lowest BCUT2D eigenvalue weighted by Gasteiger charge is -2.15. The van der Waals surface area contributed by atoms with Crippen molar-refractivity contribution in [3.8, 4) is 11.5 Å². The number of rotatable bonds is 6. The molecule has 0 aliphatic heterocycles. The monoisotopic (exact) mass is 298 g/mol. The summed E-state index contributed by atoms with van der Waals surface area (Å²) in [6.45, 7) is 1.86. The van der Waals surface area contributed by atoms with E-state index in [1.165, 1.54) is 6.21 Å². The Hall–Kier alpha value is -2.82. The average Bonchev–Trinajstić information content (AvgIpc) is 2.55. The van der Waals surface area contributed by atoms with Gasteiger partial charge in [0.1, 0.15) is 11.5 Å². The number of phenolic OH excluding ortho intramolecular Hbond substituents is 1. The van der Waals surface area contributed by atoms with Gasteiger partial charge in [0, 0.05) is 5.56 Å². The number of aromatic hydroxyl groups is 1. The molecule has 2 rings (SSSR count). The molecular weight excluding hydrogens is 280 g/mol. The Balaban J connectivity index is 1.94. The van der Waals surface area contributed by atoms with E-state index in [9.17, 15) is 9.90 Å². The third-order valence-corrected chi connectivity index (χ3v) is 3.00. The lowest BCUT2D eigenvalue weighted by Crippen LogP contribution is -2.35. The van der Waals surface area contributed by atoms with Crippen LogP contribution in [0.15, 0.2) is 59.7 Å². The Kier molecular flexibility index (Phi) is 5.54. The van der Waals surface area contributed by atoms with Gasteiger partial charge in [0.05, 0.1) is 6.21 Å². The number of carbonyl (C=O) groups is 1. The number of hydrogen-bond acceptors (Lipinski definition) is 4. The van der Waals surface area contributed by atoms with E-state index < -0.39 is 6.10 Å². The number of para-hydroxylation sites is 2. The van der Waals surface area contributed by atoms with Crippen molar-refractivity contribution < 1.29 is 14.6 Å². The third-order valence-electron chi connectivity index (χ3n) is 3.00. The molecule has 22 heavy (non-hydrogen) atoms. The van der Waals surface area contributed by atoms with Gasteiger partial charge in [-0.25, -0.2) is 5.43 Å². The Morgan fingerprint density at radius 2 is 1.91 bits per heavy atom. The predicted octanol–water partition coefficient (Wildman–Crippen LogP) is 2.70. The highest BCUT2D eigenvalue weighted by Crippen LogP contribution is 2.13. The summed E-state index contributed by atoms with van der Waals surface area (Å²) < 4.78 is 5.62. The number of carbonyl (C=O) groups excluding carboxylic acids is 1. The molecule has 5 heteroatoms. The van der Waals surface area contributed by atoms with Gasteiger partial charge >= 0.3 is 0 Å². The molecule has 0 spiro atoms. The van der Waals surface area contributed by atoms with Crippen molar-refractivity contribution in [3.63, 3.8) is 0 Å². The van der Waals surface area contributed by atoms with E-state index in [4.69, 9.17) is 4.74 Å². The number of amides is 1. The molecule has 0 bridgehead atoms. The summed E-state index contributed by atoms with van der Waals surface area (Å²) >= 11 is 0. The highest BCUT2D eigenvalue weighted by atomic mass is 16.5. The summed E-state index contributed by atoms with van der Waals surface area (Å²) in [7, 11) is 0. The fourth-order valence-corrected chi connectivity index (χ4v) is 1.82. The summed E-state index contributed by atoms with van der Waals surface area (Å²) in [5.74, 6) is 0.403. The van der Waals surface area contributed by atoms with Gasteiger partial charge in [0.25, 0.3) is 5.91 Å². The zero-order valence-corrected chi connectivity index (χ0v) is 12.3. The van der Waals surface area contributed by atoms with Gasteiger partial charge in [-0.3, -0.25) is 4.79 Å². The van der Waals surface area contributed by atoms with Crippen LogP contribution in [0.3, 0.4) is 0 Å². The highest BCUT2D eigenvalue weighted by Gasteiger charge is 2.17. The standard InChI is InChI=1S/C17H18N2O3/c1-2-16(22-14-9-4-3-5-10-14)17(21)19-18-12-13-8-6-7-11-15(13)20/h3-12,16,20H,2H2,1H3,(H,19,21)/b18-12-/t16-/m0/s1. The normalized spacial score (nSPS) is 12.0. The predicted molar refractivity (Wildman–Crippen MR) is 85.0 cm³/mol. The molecular formula is C17H18N2O3. The van der Waals surface area contributed by atoms with Crippen LogP contribution in [0.2, 0.25) is 0 Å². The molecule has 1 atom stereocenters. The minimum Gasteiger partial charge on any atom is -0.507 e. The topological polar surface area (TPSA) is 70.9 Å². The van der Waals surface area contributed by atoms with Crippen molar-refractivity contribution >= 4 is 12.1 Å². The van der Waals surface area contributed by atoms with Crippen LogP contribution in [0.4, 0.5) is 0 Å². The first-order valence-corrected chi connectivity index (χ1v) is 7.03. The van der Waals surface area contributed by atoms with Crippen LogP contribution in [0, 0.1) is 0 Å². The minimum atomic E-state index is -0.621. The molecule has 0 fully saturated rings. The highest BCUT2D eigenvalue weighted by molar-refractivity contribution is 5.86. The Labute approximate surface area is 129 Å². The number of hydrazone groups is 1. The average molecular weight is 298 g/mol. The van der Waals surface area contributed by atoms with E-state index in [2.05, 4.69) is 10.5 Å². The second kappa shape index (κ2) is 7.83. The molecule has 0 radical (unpaired) electrons. The fraction of sp³-hybridized carbons (Fsp3) is 0.176. The number of phenols is 1. The zero-order valence-electron chi connectivity index (χ0n) is 12.3. The molecule has 0 saturated heterocycles. The molecule has 0 aromatic heterocycles. The van der Waals surface area contributed by atoms with Crippen LogP contribution < -0.4 is 10.2 Å². The van der Waals surface area contributed by atoms with Crippen molar-refractivity contribution in [1.82, 2.24) is 5.43 Å². The lowest BCUT2D eigenvalue weighted by atomic mass is 10.2. The van der Waals surface area contributed by atoms with Gasteiger partial charge < -0.3 is 9.84 Å². The maximum atomic E-state index is 12.0. The number of benzene rings is 2. The Morgan fingerprint density at radius 1 is 1.23 bits per heavy atom. The smallest absolute Gasteiger partial charge is 0.281 e. The first-order chi connectivity index (χ1) is 10.7. The largest absolute Gasteiger partial charge is 0.507 e. The van der Waals surface area contributed by atoms with E-state index in [0.29, 0.717) is 17.7 Å². The van der Waals surface area contributed by atoms with Crippen molar-refractivity contribution in [2.45, 2.75) is 19.4 Å². The molecule has 2 aromatic carbocycles. The summed E-state index contributed by atoms with van der Waals surface area (Å²) in [6.07, 6.45) is 1.29. The molecule has 0 heterocycles. The van der Waals surface area contributed by atoms with Crippen LogP contribution >= 0.6 is 0 Å². The Morgan fingerprint density at radius 3 is 2.59 bits per heavy atom. The van der Waals surface area contributed by atoms with Gasteiger partial charge in [-0.15, -0.1) is 0 Å². The van der Waals surface area contributed by atoms with Gasteiger partial charge in [-0.05, 0) is 30.7 Å². The van der Waals surface area contributed by atoms with Crippen LogP contribution in [-0.2, 0) is 4.79 Å². The summed E-state index contributed by atoms with van der Waals surface area (Å²) in [4.78, 5) is 12.0. The zero-order chi connectivity index (χ0) is 15.8. The van der Waals surface area contributed by atoms with Gasteiger partial charge in [-0.1, -0.05) is 37.3 Å². The van der Waals surface area contributed by atoms with Gasteiger partial charge in [0.15, 0.2) is 6.10 Å². The molecule has 2 N–H and O–H groups in total. The summed E-state index contributed by atoms with van der Waals surface area (Å²) in [5.41, 5.74) is 2.95. The van der Waals surface area contributed by atoms with Crippen molar-refractivity contribution in [2.24, 2.45) is 5.10 Å². The van der Waals surface area contributed by atoms with Crippen LogP contribution in [0.1, 0.15) is 18.9 Å². The van der Waals surface area contributed by atoms with Gasteiger partial charge in [-0.2, -0.15) is 5.10 Å². The summed E-state index contributed by atoms with van der Waals surface area (Å²) in [5, 5.41) is 13.4. The number of ether oxygens (including phenoxy) is 1. The molecule has 5 nitrogen and oxygen atoms in total. The second-order valence-corrected chi connectivity index (χ2v) is 4.62. The molecule has 2 aromatic rings. The number of nitrogens with zero attached hydrogens (tertiary/aromatic N) is 1. The molecule has 0 aliphatic carbocycles. The maximum Gasteiger partial charge on any atom is 0.281 e. The van der Waals surface area contributed by atoms with E-state index in [1.54, 1.807) is 36.4 Å². The third kappa shape index (κ3) is 4.34. The van der Waals surface area contributed by atoms with Gasteiger partial charge in [0.2, 0.25) is 0 Å². The van der Waals surface area contributed by atoms with Crippen molar-refractivity contribution in [1.29, 1.82) is 0 Å². The Bertz CT molecular complexity index is 641. The van der Waals surface area contributed by atoms with E-state index in [-0.39, 0.29) is 11.7 Å². The van der Waals surface area contributed by atoms with E-state index in [1.807, 2.05) is 25.1 Å². The number of nitrogens with one attached hydrogen (secondary N) is 1. The molecule has 0 unspecified atom stereocenters. The first-order valence-electron chi connectivity index (χ1n) is 7.03. The van der Waals surface area contributed by atoms with Crippen molar-refractivity contribution in [2.75, 3.05) is 0 Å². The second-order valence-electron chi connectivity index (χ2n) is 4.62. The quantitative estimate of drug-likeness (QED) is 0.636. The lowest BCUT2D eigenvalue weighted by molar-refractivity contribution is -0.128. The van der Waals surface area contributed by atoms with Crippen LogP contribution in [-0.4, -0.2) is 23.3 Å². The van der Waals surface area contributed by atoms with Crippen LogP contribution in [0.5, 0.6) is 11.5 Å². The SMILES string of the molecule is CC[C@H](Oc1ccccc1)C(=O)N/N=C\c1ccccc1O. The van der Waals surface area contributed by atoms with Crippen LogP contribution in [0.25, 0.3) is 0 Å². The molecule has 0 aliphatic rings. The number of hydrogen-bond donors (Lipinski definition) is 2. The maximum absolute atomic E-state index is 12.0. The fourth-order valence-electron chi connectivity index (χ4n) is 1.82. The minimum absolute atomic E-state index is 0.105. The molecule has 114 valence electrons. The molecule has 0 saturated carbocycles. The first kappa shape index (κ1) is 15.6. The van der Waals surface area contributed by atoms with E-state index >= 15 is 0 Å².